The zero-order valence-electron chi connectivity index (χ0n) is 8.32. The molecule has 0 heterocycles. The number of hydrogen-bond acceptors (Lipinski definition) is 1. The molecule has 1 aromatic rings. The summed E-state index contributed by atoms with van der Waals surface area (Å²) in [5.41, 5.74) is 1.74. The SMILES string of the molecule is C1=C2CCC(C1)C2.Oc1ccccc1. The summed E-state index contributed by atoms with van der Waals surface area (Å²) < 4.78 is 0. The van der Waals surface area contributed by atoms with Gasteiger partial charge in [0.05, 0.1) is 0 Å². The molecule has 1 N–H and O–H groups in total. The Morgan fingerprint density at radius 1 is 1.14 bits per heavy atom. The Balaban J connectivity index is 0.000000107. The van der Waals surface area contributed by atoms with Crippen LogP contribution in [0.2, 0.25) is 0 Å². The van der Waals surface area contributed by atoms with Gasteiger partial charge in [-0.1, -0.05) is 29.8 Å². The van der Waals surface area contributed by atoms with E-state index in [2.05, 4.69) is 6.08 Å². The van der Waals surface area contributed by atoms with Crippen LogP contribution in [0.15, 0.2) is 42.0 Å². The normalized spacial score (nSPS) is 22.6. The van der Waals surface area contributed by atoms with Crippen molar-refractivity contribution in [2.75, 3.05) is 0 Å². The van der Waals surface area contributed by atoms with Crippen molar-refractivity contribution in [3.63, 3.8) is 0 Å². The predicted molar refractivity (Wildman–Crippen MR) is 58.1 cm³/mol. The van der Waals surface area contributed by atoms with E-state index in [1.165, 1.54) is 25.7 Å². The molecule has 14 heavy (non-hydrogen) atoms. The van der Waals surface area contributed by atoms with Crippen LogP contribution in [0.5, 0.6) is 5.75 Å². The lowest BCUT2D eigenvalue weighted by atomic mass is 10.1. The average Bonchev–Trinajstić information content (AvgIpc) is 2.83. The molecule has 0 aromatic heterocycles. The van der Waals surface area contributed by atoms with Crippen molar-refractivity contribution in [3.8, 4) is 5.75 Å². The minimum atomic E-state index is 0.322. The monoisotopic (exact) mass is 188 g/mol. The number of phenolic OH excluding ortho intramolecular Hbond substituents is 1. The summed E-state index contributed by atoms with van der Waals surface area (Å²) in [6.07, 6.45) is 8.18. The molecule has 1 saturated carbocycles. The molecule has 1 aromatic carbocycles. The van der Waals surface area contributed by atoms with Crippen molar-refractivity contribution < 1.29 is 5.11 Å². The van der Waals surface area contributed by atoms with Crippen molar-refractivity contribution in [2.45, 2.75) is 25.7 Å². The van der Waals surface area contributed by atoms with Crippen LogP contribution in [0.3, 0.4) is 0 Å². The Bertz CT molecular complexity index is 313. The van der Waals surface area contributed by atoms with E-state index >= 15 is 0 Å². The standard InChI is InChI=1S/C7H10.C6H6O/c1-2-7-4-3-6(1)5-7;7-6-4-2-1-3-5-6/h1,7H,2-5H2;1-5,7H. The average molecular weight is 188 g/mol. The maximum absolute atomic E-state index is 8.63. The highest BCUT2D eigenvalue weighted by atomic mass is 16.3. The van der Waals surface area contributed by atoms with Gasteiger partial charge in [0.25, 0.3) is 0 Å². The van der Waals surface area contributed by atoms with E-state index in [1.54, 1.807) is 29.8 Å². The van der Waals surface area contributed by atoms with E-state index in [9.17, 15) is 0 Å². The second-order valence-electron chi connectivity index (χ2n) is 4.04. The molecule has 0 radical (unpaired) electrons. The highest BCUT2D eigenvalue weighted by molar-refractivity contribution is 5.18. The highest BCUT2D eigenvalue weighted by Gasteiger charge is 2.22. The summed E-state index contributed by atoms with van der Waals surface area (Å²) in [6.45, 7) is 0. The molecule has 1 nitrogen and oxygen atoms in total. The number of aromatic hydroxyl groups is 1. The van der Waals surface area contributed by atoms with Crippen LogP contribution in [0.25, 0.3) is 0 Å². The second-order valence-corrected chi connectivity index (χ2v) is 4.04. The summed E-state index contributed by atoms with van der Waals surface area (Å²) in [6, 6.07) is 8.71. The van der Waals surface area contributed by atoms with E-state index in [0.717, 1.165) is 5.92 Å². The molecule has 1 heteroatoms. The van der Waals surface area contributed by atoms with E-state index in [-0.39, 0.29) is 0 Å². The van der Waals surface area contributed by atoms with Gasteiger partial charge in [0.15, 0.2) is 0 Å². The number of allylic oxidation sites excluding steroid dienone is 2. The number of benzene rings is 1. The molecular formula is C13H16O. The van der Waals surface area contributed by atoms with Crippen molar-refractivity contribution >= 4 is 0 Å². The van der Waals surface area contributed by atoms with Crippen LogP contribution in [-0.4, -0.2) is 5.11 Å². The molecule has 1 atom stereocenters. The van der Waals surface area contributed by atoms with Crippen LogP contribution in [0, 0.1) is 5.92 Å². The van der Waals surface area contributed by atoms with Gasteiger partial charge in [0.1, 0.15) is 5.75 Å². The van der Waals surface area contributed by atoms with Gasteiger partial charge in [-0.05, 0) is 43.7 Å². The Morgan fingerprint density at radius 3 is 2.14 bits per heavy atom. The molecule has 1 fully saturated rings. The summed E-state index contributed by atoms with van der Waals surface area (Å²) >= 11 is 0. The number of phenols is 1. The maximum Gasteiger partial charge on any atom is 0.115 e. The third-order valence-electron chi connectivity index (χ3n) is 2.92. The van der Waals surface area contributed by atoms with Gasteiger partial charge in [-0.25, -0.2) is 0 Å². The highest BCUT2D eigenvalue weighted by Crippen LogP contribution is 2.38. The summed E-state index contributed by atoms with van der Waals surface area (Å²) in [5, 5.41) is 8.63. The van der Waals surface area contributed by atoms with E-state index in [0.29, 0.717) is 5.75 Å². The number of fused-ring (bicyclic) bond motifs is 2. The molecular weight excluding hydrogens is 172 g/mol. The van der Waals surface area contributed by atoms with E-state index in [1.807, 2.05) is 6.07 Å². The lowest BCUT2D eigenvalue weighted by molar-refractivity contribution is 0.475. The van der Waals surface area contributed by atoms with Crippen molar-refractivity contribution in [3.05, 3.63) is 42.0 Å². The second kappa shape index (κ2) is 4.32. The first-order valence-electron chi connectivity index (χ1n) is 5.26. The Kier molecular flexibility index (Phi) is 2.87. The number of para-hydroxylation sites is 1. The summed E-state index contributed by atoms with van der Waals surface area (Å²) in [5.74, 6) is 1.40. The van der Waals surface area contributed by atoms with Crippen molar-refractivity contribution in [1.29, 1.82) is 0 Å². The Labute approximate surface area is 85.1 Å². The fourth-order valence-electron chi connectivity index (χ4n) is 2.11. The predicted octanol–water partition coefficient (Wildman–Crippen LogP) is 3.51. The first-order valence-corrected chi connectivity index (χ1v) is 5.26. The molecule has 3 rings (SSSR count). The molecule has 2 aliphatic rings. The van der Waals surface area contributed by atoms with Crippen LogP contribution >= 0.6 is 0 Å². The first kappa shape index (κ1) is 9.32. The van der Waals surface area contributed by atoms with Gasteiger partial charge in [-0.2, -0.15) is 0 Å². The quantitative estimate of drug-likeness (QED) is 0.618. The Hall–Kier alpha value is -1.24. The van der Waals surface area contributed by atoms with Gasteiger partial charge in [-0.3, -0.25) is 0 Å². The van der Waals surface area contributed by atoms with Crippen LogP contribution < -0.4 is 0 Å². The van der Waals surface area contributed by atoms with E-state index in [4.69, 9.17) is 5.11 Å². The van der Waals surface area contributed by atoms with E-state index < -0.39 is 0 Å². The molecule has 1 unspecified atom stereocenters. The van der Waals surface area contributed by atoms with Crippen LogP contribution in [0.1, 0.15) is 25.7 Å². The van der Waals surface area contributed by atoms with Gasteiger partial charge in [-0.15, -0.1) is 0 Å². The molecule has 74 valence electrons. The van der Waals surface area contributed by atoms with Crippen LogP contribution in [-0.2, 0) is 0 Å². The largest absolute Gasteiger partial charge is 0.508 e. The maximum atomic E-state index is 8.63. The third-order valence-corrected chi connectivity index (χ3v) is 2.92. The minimum absolute atomic E-state index is 0.322. The zero-order chi connectivity index (χ0) is 9.80. The minimum Gasteiger partial charge on any atom is -0.508 e. The topological polar surface area (TPSA) is 20.2 Å². The fraction of sp³-hybridized carbons (Fsp3) is 0.385. The van der Waals surface area contributed by atoms with Crippen LogP contribution in [0.4, 0.5) is 0 Å². The number of rotatable bonds is 0. The smallest absolute Gasteiger partial charge is 0.115 e. The lowest BCUT2D eigenvalue weighted by Gasteiger charge is -1.98. The van der Waals surface area contributed by atoms with Gasteiger partial charge < -0.3 is 5.11 Å². The van der Waals surface area contributed by atoms with Gasteiger partial charge in [0.2, 0.25) is 0 Å². The van der Waals surface area contributed by atoms with Gasteiger partial charge >= 0.3 is 0 Å². The molecule has 0 amide bonds. The Morgan fingerprint density at radius 2 is 1.93 bits per heavy atom. The molecule has 0 aliphatic heterocycles. The number of hydrogen-bond donors (Lipinski definition) is 1. The zero-order valence-corrected chi connectivity index (χ0v) is 8.32. The third kappa shape index (κ3) is 2.38. The molecule has 0 saturated heterocycles. The van der Waals surface area contributed by atoms with Crippen molar-refractivity contribution in [1.82, 2.24) is 0 Å². The lowest BCUT2D eigenvalue weighted by Crippen LogP contribution is -1.85. The summed E-state index contributed by atoms with van der Waals surface area (Å²) in [4.78, 5) is 0. The molecule has 0 spiro atoms. The first-order chi connectivity index (χ1) is 6.84. The van der Waals surface area contributed by atoms with Crippen molar-refractivity contribution in [2.24, 2.45) is 5.92 Å². The van der Waals surface area contributed by atoms with Gasteiger partial charge in [0, 0.05) is 0 Å². The summed E-state index contributed by atoms with van der Waals surface area (Å²) in [7, 11) is 0. The molecule has 2 bridgehead atoms. The molecule has 2 aliphatic carbocycles. The fourth-order valence-corrected chi connectivity index (χ4v) is 2.11.